The molecule has 0 unspecified atom stereocenters. The number of pyridine rings is 1. The van der Waals surface area contributed by atoms with Gasteiger partial charge in [-0.2, -0.15) is 4.68 Å². The number of aromatic nitrogens is 4. The number of hydrogen-bond donors (Lipinski definition) is 0. The molecule has 2 aromatic rings. The summed E-state index contributed by atoms with van der Waals surface area (Å²) in [6.07, 6.45) is 5.51. The van der Waals surface area contributed by atoms with Gasteiger partial charge in [0.05, 0.1) is 13.2 Å². The second-order valence-electron chi connectivity index (χ2n) is 5.81. The number of carbonyl (C=O) groups excluding carboxylic acids is 1. The Morgan fingerprint density at radius 2 is 2.17 bits per heavy atom. The molecule has 0 N–H and O–H groups in total. The van der Waals surface area contributed by atoms with Crippen molar-refractivity contribution in [3.63, 3.8) is 0 Å². The molecular weight excluding hydrogens is 306 g/mol. The number of carbonyl (C=O) groups is 1. The minimum absolute atomic E-state index is 0.0287. The number of nitrogens with zero attached hydrogens (tertiary/aromatic N) is 5. The molecule has 3 rings (SSSR count). The minimum Gasteiger partial charge on any atom is -0.379 e. The van der Waals surface area contributed by atoms with Crippen molar-refractivity contribution in [2.75, 3.05) is 32.8 Å². The summed E-state index contributed by atoms with van der Waals surface area (Å²) in [6, 6.07) is 3.75. The summed E-state index contributed by atoms with van der Waals surface area (Å²) in [5.41, 5.74) is 0.828. The number of hydrogen-bond acceptors (Lipinski definition) is 6. The normalized spacial score (nSPS) is 15.5. The Bertz CT molecular complexity index is 665. The fraction of sp³-hybridized carbons (Fsp3) is 0.529. The van der Waals surface area contributed by atoms with E-state index in [2.05, 4.69) is 20.0 Å². The largest absolute Gasteiger partial charge is 0.379 e. The van der Waals surface area contributed by atoms with Gasteiger partial charge in [-0.1, -0.05) is 6.92 Å². The SMILES string of the molecule is CCC(=O)n1nc(-c2cccnc2)nc1CCCN1CCOCC1. The lowest BCUT2D eigenvalue weighted by molar-refractivity contribution is 0.0374. The molecule has 0 amide bonds. The molecule has 0 aromatic carbocycles. The van der Waals surface area contributed by atoms with E-state index in [1.54, 1.807) is 12.4 Å². The van der Waals surface area contributed by atoms with Gasteiger partial charge in [-0.15, -0.1) is 5.10 Å². The lowest BCUT2D eigenvalue weighted by atomic mass is 10.2. The summed E-state index contributed by atoms with van der Waals surface area (Å²) in [4.78, 5) is 23.2. The average Bonchev–Trinajstić information content (AvgIpc) is 3.07. The summed E-state index contributed by atoms with van der Waals surface area (Å²) in [7, 11) is 0. The van der Waals surface area contributed by atoms with Crippen molar-refractivity contribution >= 4 is 5.91 Å². The first-order valence-electron chi connectivity index (χ1n) is 8.47. The van der Waals surface area contributed by atoms with E-state index in [0.29, 0.717) is 12.2 Å². The Kier molecular flexibility index (Phi) is 5.66. The smallest absolute Gasteiger partial charge is 0.248 e. The molecule has 0 radical (unpaired) electrons. The van der Waals surface area contributed by atoms with Gasteiger partial charge in [0.2, 0.25) is 5.91 Å². The van der Waals surface area contributed by atoms with Crippen LogP contribution in [-0.2, 0) is 11.2 Å². The third kappa shape index (κ3) is 4.04. The summed E-state index contributed by atoms with van der Waals surface area (Å²) in [5, 5.41) is 4.40. The van der Waals surface area contributed by atoms with Crippen molar-refractivity contribution in [1.29, 1.82) is 0 Å². The zero-order valence-electron chi connectivity index (χ0n) is 14.0. The Morgan fingerprint density at radius 3 is 2.88 bits per heavy atom. The lowest BCUT2D eigenvalue weighted by Gasteiger charge is -2.26. The Labute approximate surface area is 141 Å². The van der Waals surface area contributed by atoms with Gasteiger partial charge in [-0.05, 0) is 25.1 Å². The van der Waals surface area contributed by atoms with E-state index in [1.165, 1.54) is 4.68 Å². The second kappa shape index (κ2) is 8.12. The maximum Gasteiger partial charge on any atom is 0.248 e. The van der Waals surface area contributed by atoms with Crippen molar-refractivity contribution in [3.8, 4) is 11.4 Å². The fourth-order valence-electron chi connectivity index (χ4n) is 2.76. The fourth-order valence-corrected chi connectivity index (χ4v) is 2.76. The molecule has 0 bridgehead atoms. The first kappa shape index (κ1) is 16.7. The summed E-state index contributed by atoms with van der Waals surface area (Å²) < 4.78 is 6.82. The van der Waals surface area contributed by atoms with Crippen LogP contribution in [0.2, 0.25) is 0 Å². The molecular formula is C17H23N5O2. The molecule has 0 atom stereocenters. The molecule has 0 saturated carbocycles. The molecule has 1 aliphatic heterocycles. The molecule has 3 heterocycles. The highest BCUT2D eigenvalue weighted by Crippen LogP contribution is 2.15. The van der Waals surface area contributed by atoms with Gasteiger partial charge in [-0.3, -0.25) is 14.7 Å². The Balaban J connectivity index is 1.70. The van der Waals surface area contributed by atoms with E-state index in [9.17, 15) is 4.79 Å². The van der Waals surface area contributed by atoms with Crippen LogP contribution in [0.1, 0.15) is 30.4 Å². The third-order valence-corrected chi connectivity index (χ3v) is 4.11. The first-order chi connectivity index (χ1) is 11.8. The molecule has 7 nitrogen and oxygen atoms in total. The van der Waals surface area contributed by atoms with Gasteiger partial charge in [-0.25, -0.2) is 4.98 Å². The van der Waals surface area contributed by atoms with Gasteiger partial charge in [0, 0.05) is 43.9 Å². The molecule has 128 valence electrons. The van der Waals surface area contributed by atoms with Crippen LogP contribution in [0.25, 0.3) is 11.4 Å². The quantitative estimate of drug-likeness (QED) is 0.802. The van der Waals surface area contributed by atoms with Crippen LogP contribution in [0.15, 0.2) is 24.5 Å². The van der Waals surface area contributed by atoms with Crippen molar-refractivity contribution < 1.29 is 9.53 Å². The maximum absolute atomic E-state index is 12.2. The van der Waals surface area contributed by atoms with Gasteiger partial charge >= 0.3 is 0 Å². The predicted molar refractivity (Wildman–Crippen MR) is 89.8 cm³/mol. The molecule has 1 saturated heterocycles. The standard InChI is InChI=1S/C17H23N5O2/c1-2-16(23)22-15(6-4-8-21-9-11-24-12-10-21)19-17(20-22)14-5-3-7-18-13-14/h3,5,7,13H,2,4,6,8-12H2,1H3. The molecule has 0 aliphatic carbocycles. The van der Waals surface area contributed by atoms with Crippen molar-refractivity contribution in [2.45, 2.75) is 26.2 Å². The zero-order chi connectivity index (χ0) is 16.8. The topological polar surface area (TPSA) is 73.1 Å². The molecule has 7 heteroatoms. The number of ether oxygens (including phenoxy) is 1. The number of aryl methyl sites for hydroxylation is 1. The number of rotatable bonds is 6. The van der Waals surface area contributed by atoms with E-state index >= 15 is 0 Å². The Hall–Kier alpha value is -2.12. The van der Waals surface area contributed by atoms with E-state index in [1.807, 2.05) is 19.1 Å². The molecule has 1 aliphatic rings. The molecule has 2 aromatic heterocycles. The monoisotopic (exact) mass is 329 g/mol. The van der Waals surface area contributed by atoms with E-state index in [0.717, 1.165) is 57.1 Å². The van der Waals surface area contributed by atoms with Crippen LogP contribution in [0, 0.1) is 0 Å². The predicted octanol–water partition coefficient (Wildman–Crippen LogP) is 1.66. The summed E-state index contributed by atoms with van der Waals surface area (Å²) in [5.74, 6) is 1.26. The summed E-state index contributed by atoms with van der Waals surface area (Å²) >= 11 is 0. The number of morpholine rings is 1. The molecule has 1 fully saturated rings. The highest BCUT2D eigenvalue weighted by molar-refractivity contribution is 5.78. The lowest BCUT2D eigenvalue weighted by Crippen LogP contribution is -2.37. The van der Waals surface area contributed by atoms with E-state index in [4.69, 9.17) is 4.74 Å². The van der Waals surface area contributed by atoms with Crippen LogP contribution < -0.4 is 0 Å². The van der Waals surface area contributed by atoms with Crippen LogP contribution in [0.5, 0.6) is 0 Å². The van der Waals surface area contributed by atoms with Gasteiger partial charge < -0.3 is 4.74 Å². The van der Waals surface area contributed by atoms with Crippen LogP contribution in [0.4, 0.5) is 0 Å². The Morgan fingerprint density at radius 1 is 1.33 bits per heavy atom. The van der Waals surface area contributed by atoms with Crippen molar-refractivity contribution in [1.82, 2.24) is 24.6 Å². The van der Waals surface area contributed by atoms with Crippen molar-refractivity contribution in [2.24, 2.45) is 0 Å². The minimum atomic E-state index is -0.0287. The summed E-state index contributed by atoms with van der Waals surface area (Å²) in [6.45, 7) is 6.37. The molecule has 0 spiro atoms. The maximum atomic E-state index is 12.2. The average molecular weight is 329 g/mol. The van der Waals surface area contributed by atoms with Crippen LogP contribution in [0.3, 0.4) is 0 Å². The van der Waals surface area contributed by atoms with E-state index in [-0.39, 0.29) is 5.91 Å². The van der Waals surface area contributed by atoms with Gasteiger partial charge in [0.25, 0.3) is 0 Å². The third-order valence-electron chi connectivity index (χ3n) is 4.11. The van der Waals surface area contributed by atoms with E-state index < -0.39 is 0 Å². The van der Waals surface area contributed by atoms with Gasteiger partial charge in [0.1, 0.15) is 5.82 Å². The van der Waals surface area contributed by atoms with Crippen LogP contribution in [-0.4, -0.2) is 63.4 Å². The zero-order valence-corrected chi connectivity index (χ0v) is 14.0. The second-order valence-corrected chi connectivity index (χ2v) is 5.81. The highest BCUT2D eigenvalue weighted by atomic mass is 16.5. The van der Waals surface area contributed by atoms with Crippen molar-refractivity contribution in [3.05, 3.63) is 30.4 Å². The first-order valence-corrected chi connectivity index (χ1v) is 8.47. The van der Waals surface area contributed by atoms with Gasteiger partial charge in [0.15, 0.2) is 5.82 Å². The highest BCUT2D eigenvalue weighted by Gasteiger charge is 2.17. The van der Waals surface area contributed by atoms with Crippen LogP contribution >= 0.6 is 0 Å². The molecule has 24 heavy (non-hydrogen) atoms.